The molecule has 1 nitrogen and oxygen atoms in total. The number of benzene rings is 1. The van der Waals surface area contributed by atoms with Crippen LogP contribution in [0.2, 0.25) is 0 Å². The van der Waals surface area contributed by atoms with Crippen LogP contribution in [0.15, 0.2) is 43.0 Å². The van der Waals surface area contributed by atoms with E-state index in [-0.39, 0.29) is 0 Å². The van der Waals surface area contributed by atoms with Crippen LogP contribution < -0.4 is 5.32 Å². The fourth-order valence-corrected chi connectivity index (χ4v) is 1.92. The number of rotatable bonds is 7. The quantitative estimate of drug-likeness (QED) is 0.536. The number of hydrogen-bond acceptors (Lipinski definition) is 1. The van der Waals surface area contributed by atoms with E-state index in [9.17, 15) is 0 Å². The maximum Gasteiger partial charge on any atom is 0.0294 e. The zero-order valence-electron chi connectivity index (χ0n) is 10.4. The van der Waals surface area contributed by atoms with Crippen molar-refractivity contribution in [3.63, 3.8) is 0 Å². The Morgan fingerprint density at radius 2 is 1.94 bits per heavy atom. The molecule has 0 saturated carbocycles. The van der Waals surface area contributed by atoms with Crippen molar-refractivity contribution in [1.82, 2.24) is 5.32 Å². The average molecular weight is 217 g/mol. The minimum absolute atomic E-state index is 0.430. The van der Waals surface area contributed by atoms with Gasteiger partial charge in [0.1, 0.15) is 0 Å². The average Bonchev–Trinajstić information content (AvgIpc) is 2.30. The Kier molecular flexibility index (Phi) is 5.87. The summed E-state index contributed by atoms with van der Waals surface area (Å²) in [5, 5.41) is 3.62. The molecular formula is C15H23N. The lowest BCUT2D eigenvalue weighted by Crippen LogP contribution is -2.28. The van der Waals surface area contributed by atoms with Crippen LogP contribution in [0, 0.1) is 0 Å². The molecule has 0 aliphatic rings. The molecule has 88 valence electrons. The molecule has 1 heteroatoms. The summed E-state index contributed by atoms with van der Waals surface area (Å²) in [6, 6.07) is 11.6. The Balaban J connectivity index is 2.33. The third kappa shape index (κ3) is 4.63. The second-order valence-electron chi connectivity index (χ2n) is 4.42. The molecule has 2 unspecified atom stereocenters. The first-order valence-corrected chi connectivity index (χ1v) is 6.16. The van der Waals surface area contributed by atoms with Gasteiger partial charge in [-0.05, 0) is 38.7 Å². The van der Waals surface area contributed by atoms with E-state index in [1.807, 2.05) is 6.08 Å². The molecule has 1 aromatic carbocycles. The van der Waals surface area contributed by atoms with Crippen LogP contribution in [-0.2, 0) is 0 Å². The SMILES string of the molecule is C=CCCCC(C)NC(C)c1ccccc1. The highest BCUT2D eigenvalue weighted by Crippen LogP contribution is 2.13. The standard InChI is InChI=1S/C15H23N/c1-4-5-7-10-13(2)16-14(3)15-11-8-6-9-12-15/h4,6,8-9,11-14,16H,1,5,7,10H2,2-3H3. The van der Waals surface area contributed by atoms with Crippen LogP contribution in [0.1, 0.15) is 44.7 Å². The molecule has 2 atom stereocenters. The Morgan fingerprint density at radius 1 is 1.25 bits per heavy atom. The Morgan fingerprint density at radius 3 is 2.56 bits per heavy atom. The normalized spacial score (nSPS) is 14.4. The lowest BCUT2D eigenvalue weighted by molar-refractivity contribution is 0.447. The summed E-state index contributed by atoms with van der Waals surface area (Å²) in [6.45, 7) is 8.22. The summed E-state index contributed by atoms with van der Waals surface area (Å²) < 4.78 is 0. The van der Waals surface area contributed by atoms with E-state index >= 15 is 0 Å². The second kappa shape index (κ2) is 7.24. The fourth-order valence-electron chi connectivity index (χ4n) is 1.92. The molecular weight excluding hydrogens is 194 g/mol. The Labute approximate surface area is 99.6 Å². The van der Waals surface area contributed by atoms with Gasteiger partial charge in [-0.3, -0.25) is 0 Å². The van der Waals surface area contributed by atoms with Crippen molar-refractivity contribution in [1.29, 1.82) is 0 Å². The van der Waals surface area contributed by atoms with Gasteiger partial charge in [0.05, 0.1) is 0 Å². The van der Waals surface area contributed by atoms with Crippen LogP contribution >= 0.6 is 0 Å². The molecule has 0 amide bonds. The van der Waals surface area contributed by atoms with E-state index in [1.54, 1.807) is 0 Å². The first-order valence-electron chi connectivity index (χ1n) is 6.16. The van der Waals surface area contributed by atoms with Gasteiger partial charge >= 0.3 is 0 Å². The molecule has 0 aromatic heterocycles. The zero-order valence-corrected chi connectivity index (χ0v) is 10.4. The molecule has 0 saturated heterocycles. The molecule has 1 aromatic rings. The maximum absolute atomic E-state index is 3.75. The predicted octanol–water partition coefficient (Wildman–Crippen LogP) is 4.08. The largest absolute Gasteiger partial charge is 0.308 e. The van der Waals surface area contributed by atoms with Gasteiger partial charge < -0.3 is 5.32 Å². The molecule has 0 aliphatic heterocycles. The highest BCUT2D eigenvalue weighted by Gasteiger charge is 2.08. The molecule has 0 radical (unpaired) electrons. The van der Waals surface area contributed by atoms with Gasteiger partial charge in [0, 0.05) is 12.1 Å². The molecule has 16 heavy (non-hydrogen) atoms. The number of hydrogen-bond donors (Lipinski definition) is 1. The first kappa shape index (κ1) is 13.0. The number of unbranched alkanes of at least 4 members (excludes halogenated alkanes) is 1. The minimum Gasteiger partial charge on any atom is -0.308 e. The van der Waals surface area contributed by atoms with Gasteiger partial charge in [0.25, 0.3) is 0 Å². The second-order valence-corrected chi connectivity index (χ2v) is 4.42. The van der Waals surface area contributed by atoms with Crippen LogP contribution in [0.25, 0.3) is 0 Å². The summed E-state index contributed by atoms with van der Waals surface area (Å²) in [4.78, 5) is 0. The van der Waals surface area contributed by atoms with Gasteiger partial charge in [-0.1, -0.05) is 36.4 Å². The highest BCUT2D eigenvalue weighted by atomic mass is 14.9. The van der Waals surface area contributed by atoms with Gasteiger partial charge in [-0.25, -0.2) is 0 Å². The smallest absolute Gasteiger partial charge is 0.0294 e. The first-order chi connectivity index (χ1) is 7.74. The van der Waals surface area contributed by atoms with Gasteiger partial charge in [-0.15, -0.1) is 6.58 Å². The van der Waals surface area contributed by atoms with E-state index in [1.165, 1.54) is 18.4 Å². The molecule has 1 rings (SSSR count). The van der Waals surface area contributed by atoms with Crippen molar-refractivity contribution in [2.45, 2.75) is 45.2 Å². The van der Waals surface area contributed by atoms with Crippen molar-refractivity contribution in [3.05, 3.63) is 48.6 Å². The minimum atomic E-state index is 0.430. The molecule has 1 N–H and O–H groups in total. The maximum atomic E-state index is 3.75. The van der Waals surface area contributed by atoms with Crippen molar-refractivity contribution in [3.8, 4) is 0 Å². The van der Waals surface area contributed by atoms with E-state index in [2.05, 4.69) is 56.1 Å². The van der Waals surface area contributed by atoms with Gasteiger partial charge in [0.15, 0.2) is 0 Å². The van der Waals surface area contributed by atoms with E-state index in [0.29, 0.717) is 12.1 Å². The molecule has 0 aliphatic carbocycles. The van der Waals surface area contributed by atoms with E-state index < -0.39 is 0 Å². The van der Waals surface area contributed by atoms with Crippen LogP contribution in [0.5, 0.6) is 0 Å². The fraction of sp³-hybridized carbons (Fsp3) is 0.467. The van der Waals surface area contributed by atoms with Crippen LogP contribution in [-0.4, -0.2) is 6.04 Å². The van der Waals surface area contributed by atoms with Crippen molar-refractivity contribution < 1.29 is 0 Å². The lowest BCUT2D eigenvalue weighted by Gasteiger charge is -2.20. The Bertz CT molecular complexity index is 292. The zero-order chi connectivity index (χ0) is 11.8. The predicted molar refractivity (Wildman–Crippen MR) is 71.5 cm³/mol. The van der Waals surface area contributed by atoms with E-state index in [0.717, 1.165) is 6.42 Å². The summed E-state index contributed by atoms with van der Waals surface area (Å²) in [5.74, 6) is 0. The topological polar surface area (TPSA) is 12.0 Å². The molecule has 0 bridgehead atoms. The van der Waals surface area contributed by atoms with Gasteiger partial charge in [-0.2, -0.15) is 0 Å². The highest BCUT2D eigenvalue weighted by molar-refractivity contribution is 5.18. The Hall–Kier alpha value is -1.08. The molecule has 0 spiro atoms. The van der Waals surface area contributed by atoms with Crippen molar-refractivity contribution in [2.75, 3.05) is 0 Å². The number of allylic oxidation sites excluding steroid dienone is 1. The number of nitrogens with one attached hydrogen (secondary N) is 1. The van der Waals surface area contributed by atoms with E-state index in [4.69, 9.17) is 0 Å². The van der Waals surface area contributed by atoms with Crippen molar-refractivity contribution in [2.24, 2.45) is 0 Å². The van der Waals surface area contributed by atoms with Gasteiger partial charge in [0.2, 0.25) is 0 Å². The van der Waals surface area contributed by atoms with Crippen LogP contribution in [0.3, 0.4) is 0 Å². The third-order valence-corrected chi connectivity index (χ3v) is 2.88. The summed E-state index contributed by atoms with van der Waals surface area (Å²) >= 11 is 0. The lowest BCUT2D eigenvalue weighted by atomic mass is 10.1. The monoisotopic (exact) mass is 217 g/mol. The molecule has 0 fully saturated rings. The summed E-state index contributed by atoms with van der Waals surface area (Å²) in [6.07, 6.45) is 5.54. The molecule has 0 heterocycles. The van der Waals surface area contributed by atoms with Crippen molar-refractivity contribution >= 4 is 0 Å². The van der Waals surface area contributed by atoms with Crippen LogP contribution in [0.4, 0.5) is 0 Å². The summed E-state index contributed by atoms with van der Waals surface area (Å²) in [5.41, 5.74) is 1.36. The third-order valence-electron chi connectivity index (χ3n) is 2.88. The summed E-state index contributed by atoms with van der Waals surface area (Å²) in [7, 11) is 0.